The van der Waals surface area contributed by atoms with E-state index in [-0.39, 0.29) is 5.97 Å². The van der Waals surface area contributed by atoms with E-state index in [0.29, 0.717) is 12.3 Å². The van der Waals surface area contributed by atoms with E-state index in [1.54, 1.807) is 13.0 Å². The molecule has 14 heavy (non-hydrogen) atoms. The Kier molecular flexibility index (Phi) is 2.56. The summed E-state index contributed by atoms with van der Waals surface area (Å²) in [5.74, 6) is -0.339. The summed E-state index contributed by atoms with van der Waals surface area (Å²) in [5.41, 5.74) is 1.23. The lowest BCUT2D eigenvalue weighted by atomic mass is 10.4. The lowest BCUT2D eigenvalue weighted by molar-refractivity contribution is 0.0520. The fraction of sp³-hybridized carbons (Fsp3) is 0.250. The summed E-state index contributed by atoms with van der Waals surface area (Å²) in [4.78, 5) is 19.3. The molecule has 0 amide bonds. The molecule has 0 saturated carbocycles. The van der Waals surface area contributed by atoms with E-state index < -0.39 is 0 Å². The topological polar surface area (TPSA) is 55.0 Å². The largest absolute Gasteiger partial charge is 0.461 e. The Morgan fingerprint density at radius 3 is 3.21 bits per heavy atom. The molecule has 0 bridgehead atoms. The maximum Gasteiger partial charge on any atom is 0.354 e. The Morgan fingerprint density at radius 1 is 1.79 bits per heavy atom. The Labute approximate surface area is 92.4 Å². The fourth-order valence-corrected chi connectivity index (χ4v) is 2.47. The van der Waals surface area contributed by atoms with Crippen molar-refractivity contribution in [2.45, 2.75) is 6.92 Å². The van der Waals surface area contributed by atoms with E-state index in [4.69, 9.17) is 4.74 Å². The van der Waals surface area contributed by atoms with E-state index in [2.05, 4.69) is 25.9 Å². The molecule has 0 aliphatic rings. The van der Waals surface area contributed by atoms with Crippen molar-refractivity contribution in [1.82, 2.24) is 9.97 Å². The summed E-state index contributed by atoms with van der Waals surface area (Å²) in [6.07, 6.45) is 0. The molecule has 4 nitrogen and oxygen atoms in total. The van der Waals surface area contributed by atoms with E-state index >= 15 is 0 Å². The molecule has 0 aliphatic heterocycles. The smallest absolute Gasteiger partial charge is 0.354 e. The van der Waals surface area contributed by atoms with E-state index in [0.717, 1.165) is 14.3 Å². The number of thiazole rings is 1. The minimum Gasteiger partial charge on any atom is -0.461 e. The quantitative estimate of drug-likeness (QED) is 0.857. The van der Waals surface area contributed by atoms with Crippen molar-refractivity contribution >= 4 is 43.6 Å². The highest BCUT2D eigenvalue weighted by molar-refractivity contribution is 9.11. The lowest BCUT2D eigenvalue weighted by Crippen LogP contribution is -2.04. The number of hydrogen-bond acceptors (Lipinski definition) is 4. The van der Waals surface area contributed by atoms with E-state index in [9.17, 15) is 4.79 Å². The van der Waals surface area contributed by atoms with Crippen LogP contribution in [0.15, 0.2) is 9.98 Å². The molecule has 2 aromatic heterocycles. The van der Waals surface area contributed by atoms with Crippen molar-refractivity contribution in [2.24, 2.45) is 0 Å². The zero-order valence-corrected chi connectivity index (χ0v) is 9.74. The average molecular weight is 275 g/mol. The number of nitrogens with zero attached hydrogens (tertiary/aromatic N) is 1. The average Bonchev–Trinajstić information content (AvgIpc) is 2.61. The zero-order chi connectivity index (χ0) is 10.1. The molecule has 2 heterocycles. The maximum atomic E-state index is 11.3. The predicted octanol–water partition coefficient (Wildman–Crippen LogP) is 2.56. The number of hydrogen-bond donors (Lipinski definition) is 1. The first-order chi connectivity index (χ1) is 6.70. The standard InChI is InChI=1S/C8H7BrN2O2S/c1-2-13-7(12)5-3-4-6(10-5)14-8(9)11-4/h3,10H,2H2,1H3. The molecule has 0 aliphatic carbocycles. The molecule has 0 unspecified atom stereocenters. The van der Waals surface area contributed by atoms with Gasteiger partial charge in [0.25, 0.3) is 0 Å². The summed E-state index contributed by atoms with van der Waals surface area (Å²) in [7, 11) is 0. The summed E-state index contributed by atoms with van der Waals surface area (Å²) in [5, 5.41) is 0. The molecule has 0 saturated heterocycles. The van der Waals surface area contributed by atoms with Gasteiger partial charge in [0.05, 0.1) is 6.61 Å². The van der Waals surface area contributed by atoms with Crippen molar-refractivity contribution in [3.8, 4) is 0 Å². The molecule has 0 atom stereocenters. The Hall–Kier alpha value is -0.880. The van der Waals surface area contributed by atoms with E-state index in [1.165, 1.54) is 11.3 Å². The zero-order valence-electron chi connectivity index (χ0n) is 7.33. The number of ether oxygens (including phenoxy) is 1. The van der Waals surface area contributed by atoms with Gasteiger partial charge in [-0.15, -0.1) is 0 Å². The van der Waals surface area contributed by atoms with Crippen LogP contribution in [0.5, 0.6) is 0 Å². The van der Waals surface area contributed by atoms with Crippen LogP contribution in [0.3, 0.4) is 0 Å². The molecular formula is C8H7BrN2O2S. The third kappa shape index (κ3) is 1.67. The SMILES string of the molecule is CCOC(=O)c1cc2nc(Br)sc2[nH]1. The van der Waals surface area contributed by atoms with Crippen molar-refractivity contribution in [2.75, 3.05) is 6.61 Å². The van der Waals surface area contributed by atoms with Crippen molar-refractivity contribution in [1.29, 1.82) is 0 Å². The molecular weight excluding hydrogens is 268 g/mol. The number of rotatable bonds is 2. The fourth-order valence-electron chi connectivity index (χ4n) is 1.11. The van der Waals surface area contributed by atoms with Gasteiger partial charge in [0, 0.05) is 0 Å². The van der Waals surface area contributed by atoms with E-state index in [1.807, 2.05) is 0 Å². The summed E-state index contributed by atoms with van der Waals surface area (Å²) in [6.45, 7) is 2.15. The summed E-state index contributed by atoms with van der Waals surface area (Å²) in [6, 6.07) is 1.69. The number of carbonyl (C=O) groups excluding carboxylic acids is 1. The van der Waals surface area contributed by atoms with Crippen LogP contribution in [0.4, 0.5) is 0 Å². The normalized spacial score (nSPS) is 10.7. The van der Waals surface area contributed by atoms with Crippen LogP contribution < -0.4 is 0 Å². The lowest BCUT2D eigenvalue weighted by Gasteiger charge is -1.96. The van der Waals surface area contributed by atoms with Crippen LogP contribution in [-0.2, 0) is 4.74 Å². The van der Waals surface area contributed by atoms with Crippen LogP contribution in [-0.4, -0.2) is 22.5 Å². The number of fused-ring (bicyclic) bond motifs is 1. The summed E-state index contributed by atoms with van der Waals surface area (Å²) < 4.78 is 5.65. The Morgan fingerprint density at radius 2 is 2.57 bits per heavy atom. The highest BCUT2D eigenvalue weighted by Crippen LogP contribution is 2.26. The third-order valence-electron chi connectivity index (χ3n) is 1.65. The van der Waals surface area contributed by atoms with Gasteiger partial charge in [-0.05, 0) is 28.9 Å². The van der Waals surface area contributed by atoms with Crippen LogP contribution >= 0.6 is 27.3 Å². The number of nitrogens with one attached hydrogen (secondary N) is 1. The first kappa shape index (κ1) is 9.67. The molecule has 2 rings (SSSR count). The highest BCUT2D eigenvalue weighted by Gasteiger charge is 2.12. The number of H-pyrrole nitrogens is 1. The van der Waals surface area contributed by atoms with Gasteiger partial charge < -0.3 is 9.72 Å². The van der Waals surface area contributed by atoms with Gasteiger partial charge in [0.15, 0.2) is 3.92 Å². The van der Waals surface area contributed by atoms with Gasteiger partial charge in [-0.25, -0.2) is 9.78 Å². The number of aromatic amines is 1. The van der Waals surface area contributed by atoms with Gasteiger partial charge in [0.2, 0.25) is 0 Å². The van der Waals surface area contributed by atoms with Crippen molar-refractivity contribution in [3.63, 3.8) is 0 Å². The monoisotopic (exact) mass is 274 g/mol. The van der Waals surface area contributed by atoms with Crippen LogP contribution in [0.2, 0.25) is 0 Å². The van der Waals surface area contributed by atoms with Crippen molar-refractivity contribution < 1.29 is 9.53 Å². The maximum absolute atomic E-state index is 11.3. The first-order valence-electron chi connectivity index (χ1n) is 4.03. The minimum atomic E-state index is -0.339. The Bertz CT molecular complexity index is 445. The van der Waals surface area contributed by atoms with Crippen LogP contribution in [0.1, 0.15) is 17.4 Å². The highest BCUT2D eigenvalue weighted by atomic mass is 79.9. The van der Waals surface area contributed by atoms with Gasteiger partial charge in [-0.2, -0.15) is 0 Å². The molecule has 0 aromatic carbocycles. The molecule has 6 heteroatoms. The van der Waals surface area contributed by atoms with Gasteiger partial charge in [0.1, 0.15) is 16.0 Å². The molecule has 0 fully saturated rings. The number of carbonyl (C=O) groups is 1. The molecule has 0 radical (unpaired) electrons. The third-order valence-corrected chi connectivity index (χ3v) is 3.09. The molecule has 2 aromatic rings. The Balaban J connectivity index is 2.36. The first-order valence-corrected chi connectivity index (χ1v) is 5.64. The number of halogens is 1. The second-order valence-corrected chi connectivity index (χ2v) is 4.86. The van der Waals surface area contributed by atoms with Gasteiger partial charge in [-0.1, -0.05) is 11.3 Å². The minimum absolute atomic E-state index is 0.339. The second kappa shape index (κ2) is 3.70. The number of aromatic nitrogens is 2. The molecule has 74 valence electrons. The van der Waals surface area contributed by atoms with Gasteiger partial charge in [-0.3, -0.25) is 0 Å². The predicted molar refractivity (Wildman–Crippen MR) is 57.6 cm³/mol. The molecule has 0 spiro atoms. The van der Waals surface area contributed by atoms with Crippen LogP contribution in [0, 0.1) is 0 Å². The van der Waals surface area contributed by atoms with Gasteiger partial charge >= 0.3 is 5.97 Å². The van der Waals surface area contributed by atoms with Crippen LogP contribution in [0.25, 0.3) is 10.3 Å². The summed E-state index contributed by atoms with van der Waals surface area (Å²) >= 11 is 4.72. The number of esters is 1. The second-order valence-electron chi connectivity index (χ2n) is 2.58. The van der Waals surface area contributed by atoms with Crippen molar-refractivity contribution in [3.05, 3.63) is 15.7 Å². The molecule has 1 N–H and O–H groups in total.